The number of carboxylic acids is 2. The standard InChI is InChI=1S/C24H24N6O7S3/c1-29-6-5-15(12-3-2-4-14(12)29)38-8-11-9-39-22-18(21(34)30(22)19(11)23(35)36)27-20(33)17(28-37-7-16(31)32)13-10-40-24(25)26-13/h5-6,10,18,22H,2-4,7-9H2,1H3,(H4-,25,26,27,31,32,33,35,36)/p+1/b28-17+/t18-,22-/m1/s1. The van der Waals surface area contributed by atoms with Crippen molar-refractivity contribution in [3.05, 3.63) is 45.9 Å². The van der Waals surface area contributed by atoms with Crippen LogP contribution in [0.4, 0.5) is 5.13 Å². The molecular weight excluding hydrogens is 581 g/mol. The highest BCUT2D eigenvalue weighted by atomic mass is 32.2. The topological polar surface area (TPSA) is 188 Å². The number of hydrogen-bond donors (Lipinski definition) is 4. The highest BCUT2D eigenvalue weighted by Crippen LogP contribution is 2.42. The number of fused-ring (bicyclic) bond motifs is 2. The molecule has 2 atom stereocenters. The lowest BCUT2D eigenvalue weighted by molar-refractivity contribution is -0.679. The second-order valence-electron chi connectivity index (χ2n) is 9.15. The van der Waals surface area contributed by atoms with Gasteiger partial charge in [0.25, 0.3) is 11.8 Å². The number of aliphatic carboxylic acids is 2. The molecule has 0 radical (unpaired) electrons. The number of aromatic nitrogens is 2. The van der Waals surface area contributed by atoms with Crippen LogP contribution in [-0.4, -0.2) is 79.1 Å². The monoisotopic (exact) mass is 605 g/mol. The molecule has 1 saturated heterocycles. The number of nitrogens with zero attached hydrogens (tertiary/aromatic N) is 4. The van der Waals surface area contributed by atoms with Crippen molar-refractivity contribution in [2.45, 2.75) is 35.6 Å². The van der Waals surface area contributed by atoms with Gasteiger partial charge >= 0.3 is 11.9 Å². The Balaban J connectivity index is 1.31. The van der Waals surface area contributed by atoms with E-state index >= 15 is 0 Å². The number of hydrogen-bond acceptors (Lipinski definition) is 11. The normalized spacial score (nSPS) is 20.1. The SMILES string of the molecule is C[n+]1ccc(SCC2=C(C(=O)O)N3C(=O)[C@@H](NC(=O)/C(=N/OCC(=O)O)c4csc(N)n4)[C@H]3SC2)c2c1CCC2. The van der Waals surface area contributed by atoms with Crippen molar-refractivity contribution in [3.63, 3.8) is 0 Å². The van der Waals surface area contributed by atoms with Gasteiger partial charge in [-0.25, -0.2) is 19.1 Å². The van der Waals surface area contributed by atoms with Gasteiger partial charge in [0, 0.05) is 39.8 Å². The Labute approximate surface area is 240 Å². The molecule has 5 N–H and O–H groups in total. The van der Waals surface area contributed by atoms with Crippen LogP contribution in [0.25, 0.3) is 0 Å². The third kappa shape index (κ3) is 5.38. The van der Waals surface area contributed by atoms with E-state index in [-0.39, 0.29) is 22.2 Å². The molecule has 2 aromatic heterocycles. The summed E-state index contributed by atoms with van der Waals surface area (Å²) >= 11 is 3.98. The van der Waals surface area contributed by atoms with Gasteiger partial charge in [-0.05, 0) is 18.4 Å². The molecule has 0 spiro atoms. The van der Waals surface area contributed by atoms with Gasteiger partial charge in [0.15, 0.2) is 22.7 Å². The number of amides is 2. The first-order valence-corrected chi connectivity index (χ1v) is 15.0. The first-order chi connectivity index (χ1) is 19.2. The Hall–Kier alpha value is -3.63. The van der Waals surface area contributed by atoms with Crippen molar-refractivity contribution >= 4 is 69.5 Å². The number of nitrogens with one attached hydrogen (secondary N) is 1. The fraction of sp³-hybridized carbons (Fsp3) is 0.375. The molecule has 0 unspecified atom stereocenters. The molecule has 2 aliphatic heterocycles. The quantitative estimate of drug-likeness (QED) is 0.0963. The Morgan fingerprint density at radius 1 is 1.35 bits per heavy atom. The number of aryl methyl sites for hydroxylation is 1. The summed E-state index contributed by atoms with van der Waals surface area (Å²) in [5, 5.41) is 26.0. The van der Waals surface area contributed by atoms with Gasteiger partial charge in [0.1, 0.15) is 29.9 Å². The van der Waals surface area contributed by atoms with E-state index < -0.39 is 41.8 Å². The van der Waals surface area contributed by atoms with E-state index in [1.165, 1.54) is 33.3 Å². The average Bonchev–Trinajstić information content (AvgIpc) is 3.58. The number of β-lactam (4-membered cyclic amide) rings is 1. The van der Waals surface area contributed by atoms with Crippen LogP contribution in [0.2, 0.25) is 0 Å². The fourth-order valence-corrected chi connectivity index (χ4v) is 7.95. The van der Waals surface area contributed by atoms with Crippen LogP contribution in [0.5, 0.6) is 0 Å². The summed E-state index contributed by atoms with van der Waals surface area (Å²) in [6, 6.07) is 1.03. The molecular formula is C24H25N6O7S3+. The summed E-state index contributed by atoms with van der Waals surface area (Å²) in [6.45, 7) is -0.789. The number of carbonyl (C=O) groups is 4. The Kier molecular flexibility index (Phi) is 8.00. The maximum atomic E-state index is 13.1. The molecule has 13 nitrogen and oxygen atoms in total. The van der Waals surface area contributed by atoms with Crippen LogP contribution in [0.1, 0.15) is 23.4 Å². The minimum absolute atomic E-state index is 0.0525. The summed E-state index contributed by atoms with van der Waals surface area (Å²) in [6.07, 6.45) is 5.11. The van der Waals surface area contributed by atoms with E-state index in [1.54, 1.807) is 11.8 Å². The van der Waals surface area contributed by atoms with Crippen molar-refractivity contribution < 1.29 is 38.8 Å². The number of carboxylic acid groups (broad SMARTS) is 2. The summed E-state index contributed by atoms with van der Waals surface area (Å²) in [5.41, 5.74) is 8.52. The maximum absolute atomic E-state index is 13.1. The van der Waals surface area contributed by atoms with Crippen molar-refractivity contribution in [2.75, 3.05) is 23.8 Å². The van der Waals surface area contributed by atoms with Crippen LogP contribution in [0, 0.1) is 0 Å². The summed E-state index contributed by atoms with van der Waals surface area (Å²) < 4.78 is 2.13. The molecule has 2 aromatic rings. The van der Waals surface area contributed by atoms with E-state index in [9.17, 15) is 24.3 Å². The predicted molar refractivity (Wildman–Crippen MR) is 147 cm³/mol. The molecule has 0 saturated carbocycles. The molecule has 3 aliphatic rings. The minimum atomic E-state index is -1.29. The van der Waals surface area contributed by atoms with E-state index in [0.717, 1.165) is 35.5 Å². The van der Waals surface area contributed by atoms with E-state index in [2.05, 4.69) is 20.0 Å². The van der Waals surface area contributed by atoms with Crippen LogP contribution in [-0.2, 0) is 43.9 Å². The fourth-order valence-electron chi connectivity index (χ4n) is 4.81. The number of carbonyl (C=O) groups excluding carboxylic acids is 2. The molecule has 40 heavy (non-hydrogen) atoms. The zero-order valence-corrected chi connectivity index (χ0v) is 23.6. The molecule has 0 bridgehead atoms. The van der Waals surface area contributed by atoms with Gasteiger partial charge in [-0.2, -0.15) is 0 Å². The maximum Gasteiger partial charge on any atom is 0.352 e. The molecule has 16 heteroatoms. The zero-order chi connectivity index (χ0) is 28.6. The van der Waals surface area contributed by atoms with Gasteiger partial charge in [0.2, 0.25) is 6.61 Å². The minimum Gasteiger partial charge on any atom is -0.479 e. The summed E-state index contributed by atoms with van der Waals surface area (Å²) in [4.78, 5) is 60.3. The van der Waals surface area contributed by atoms with Gasteiger partial charge in [-0.3, -0.25) is 14.5 Å². The van der Waals surface area contributed by atoms with Crippen LogP contribution in [0.15, 0.2) is 39.0 Å². The highest BCUT2D eigenvalue weighted by molar-refractivity contribution is 8.01. The van der Waals surface area contributed by atoms with Crippen LogP contribution >= 0.6 is 34.9 Å². The van der Waals surface area contributed by atoms with Crippen LogP contribution < -0.4 is 15.6 Å². The number of rotatable bonds is 10. The third-order valence-electron chi connectivity index (χ3n) is 6.62. The Morgan fingerprint density at radius 3 is 2.85 bits per heavy atom. The summed E-state index contributed by atoms with van der Waals surface area (Å²) in [7, 11) is 2.02. The van der Waals surface area contributed by atoms with Gasteiger partial charge in [-0.15, -0.1) is 34.9 Å². The second-order valence-corrected chi connectivity index (χ2v) is 12.2. The van der Waals surface area contributed by atoms with E-state index in [1.807, 2.05) is 19.3 Å². The lowest BCUT2D eigenvalue weighted by Gasteiger charge is -2.49. The molecule has 2 amide bonds. The molecule has 0 aromatic carbocycles. The van der Waals surface area contributed by atoms with Crippen molar-refractivity contribution in [3.8, 4) is 0 Å². The lowest BCUT2D eigenvalue weighted by Crippen LogP contribution is -2.71. The molecule has 5 rings (SSSR count). The second kappa shape index (κ2) is 11.5. The first-order valence-electron chi connectivity index (χ1n) is 12.1. The lowest BCUT2D eigenvalue weighted by atomic mass is 10.0. The first kappa shape index (κ1) is 27.9. The number of nitrogens with two attached hydrogens (primary N) is 1. The number of nitrogen functional groups attached to an aromatic ring is 1. The van der Waals surface area contributed by atoms with Crippen LogP contribution in [0.3, 0.4) is 0 Å². The van der Waals surface area contributed by atoms with Gasteiger partial charge in [-0.1, -0.05) is 5.16 Å². The van der Waals surface area contributed by atoms with E-state index in [0.29, 0.717) is 17.1 Å². The van der Waals surface area contributed by atoms with Crippen molar-refractivity contribution in [2.24, 2.45) is 12.2 Å². The molecule has 4 heterocycles. The summed E-state index contributed by atoms with van der Waals surface area (Å²) in [5.74, 6) is -3.10. The largest absolute Gasteiger partial charge is 0.479 e. The number of pyridine rings is 1. The van der Waals surface area contributed by atoms with Gasteiger partial charge < -0.3 is 26.1 Å². The number of thiazole rings is 1. The molecule has 1 aliphatic carbocycles. The van der Waals surface area contributed by atoms with E-state index in [4.69, 9.17) is 15.7 Å². The predicted octanol–water partition coefficient (Wildman–Crippen LogP) is 0.375. The van der Waals surface area contributed by atoms with Crippen molar-refractivity contribution in [1.29, 1.82) is 0 Å². The zero-order valence-electron chi connectivity index (χ0n) is 21.2. The smallest absolute Gasteiger partial charge is 0.352 e. The average molecular weight is 606 g/mol. The van der Waals surface area contributed by atoms with Gasteiger partial charge in [0.05, 0.1) is 0 Å². The Bertz CT molecular complexity index is 1470. The molecule has 1 fully saturated rings. The third-order valence-corrected chi connectivity index (χ3v) is 9.82. The highest BCUT2D eigenvalue weighted by Gasteiger charge is 2.54. The molecule has 210 valence electrons. The number of thioether (sulfide) groups is 2. The number of anilines is 1. The van der Waals surface area contributed by atoms with Crippen molar-refractivity contribution in [1.82, 2.24) is 15.2 Å². The Morgan fingerprint density at radius 2 is 2.15 bits per heavy atom. The number of oxime groups is 1.